The number of carbonyl (C=O) groups is 2. The second-order valence-corrected chi connectivity index (χ2v) is 6.17. The van der Waals surface area contributed by atoms with Crippen LogP contribution in [0.1, 0.15) is 19.8 Å². The van der Waals surface area contributed by atoms with Crippen molar-refractivity contribution in [3.05, 3.63) is 36.4 Å². The summed E-state index contributed by atoms with van der Waals surface area (Å²) in [6.45, 7) is 2.59. The number of carboxylic acids is 1. The summed E-state index contributed by atoms with van der Waals surface area (Å²) in [5, 5.41) is 12.3. The Labute approximate surface area is 135 Å². The molecule has 0 aromatic heterocycles. The van der Waals surface area contributed by atoms with E-state index >= 15 is 0 Å². The molecule has 3 rings (SSSR count). The second-order valence-electron chi connectivity index (χ2n) is 6.17. The zero-order valence-electron chi connectivity index (χ0n) is 13.1. The third kappa shape index (κ3) is 2.96. The number of hydrogen-bond donors (Lipinski definition) is 2. The van der Waals surface area contributed by atoms with Crippen LogP contribution in [-0.2, 0) is 9.59 Å². The molecule has 1 aromatic carbocycles. The van der Waals surface area contributed by atoms with Crippen LogP contribution in [0.25, 0.3) is 0 Å². The highest BCUT2D eigenvalue weighted by molar-refractivity contribution is 5.97. The fourth-order valence-corrected chi connectivity index (χ4v) is 3.64. The Morgan fingerprint density at radius 1 is 1.22 bits per heavy atom. The molecular formula is C18H21NO4. The Bertz CT molecular complexity index is 640. The van der Waals surface area contributed by atoms with Gasteiger partial charge in [0.1, 0.15) is 5.75 Å². The molecule has 0 aliphatic heterocycles. The van der Waals surface area contributed by atoms with Crippen molar-refractivity contribution in [1.82, 2.24) is 0 Å². The van der Waals surface area contributed by atoms with E-state index in [0.717, 1.165) is 12.8 Å². The van der Waals surface area contributed by atoms with Gasteiger partial charge in [0, 0.05) is 0 Å². The number of hydrogen-bond acceptors (Lipinski definition) is 3. The van der Waals surface area contributed by atoms with E-state index in [4.69, 9.17) is 4.74 Å². The molecule has 1 amide bonds. The molecule has 4 unspecified atom stereocenters. The number of para-hydroxylation sites is 2. The molecule has 23 heavy (non-hydrogen) atoms. The highest BCUT2D eigenvalue weighted by Gasteiger charge is 2.51. The van der Waals surface area contributed by atoms with Crippen molar-refractivity contribution >= 4 is 17.6 Å². The number of carbonyl (C=O) groups excluding carboxylic acids is 1. The van der Waals surface area contributed by atoms with Crippen LogP contribution in [0, 0.1) is 23.7 Å². The Morgan fingerprint density at radius 3 is 2.61 bits per heavy atom. The molecule has 0 radical (unpaired) electrons. The van der Waals surface area contributed by atoms with E-state index in [0.29, 0.717) is 18.0 Å². The topological polar surface area (TPSA) is 75.6 Å². The van der Waals surface area contributed by atoms with Gasteiger partial charge in [0.05, 0.1) is 24.1 Å². The SMILES string of the molecule is CCCOc1ccccc1NC(=O)C1C2C=CC(C2)C1C(=O)O. The maximum atomic E-state index is 12.7. The molecule has 2 bridgehead atoms. The van der Waals surface area contributed by atoms with Crippen LogP contribution in [-0.4, -0.2) is 23.6 Å². The van der Waals surface area contributed by atoms with E-state index in [-0.39, 0.29) is 17.7 Å². The number of ether oxygens (including phenoxy) is 1. The number of anilines is 1. The Morgan fingerprint density at radius 2 is 1.91 bits per heavy atom. The molecule has 5 heteroatoms. The third-order valence-corrected chi connectivity index (χ3v) is 4.65. The van der Waals surface area contributed by atoms with Gasteiger partial charge >= 0.3 is 5.97 Å². The summed E-state index contributed by atoms with van der Waals surface area (Å²) in [7, 11) is 0. The van der Waals surface area contributed by atoms with Gasteiger partial charge in [0.25, 0.3) is 0 Å². The van der Waals surface area contributed by atoms with E-state index < -0.39 is 17.8 Å². The molecule has 2 aliphatic rings. The summed E-state index contributed by atoms with van der Waals surface area (Å²) in [4.78, 5) is 24.2. The third-order valence-electron chi connectivity index (χ3n) is 4.65. The monoisotopic (exact) mass is 315 g/mol. The number of rotatable bonds is 6. The van der Waals surface area contributed by atoms with Crippen molar-refractivity contribution in [3.63, 3.8) is 0 Å². The van der Waals surface area contributed by atoms with Crippen LogP contribution in [0.5, 0.6) is 5.75 Å². The van der Waals surface area contributed by atoms with Crippen LogP contribution in [0.2, 0.25) is 0 Å². The summed E-state index contributed by atoms with van der Waals surface area (Å²) in [6, 6.07) is 7.26. The molecule has 2 N–H and O–H groups in total. The lowest BCUT2D eigenvalue weighted by Gasteiger charge is -2.24. The number of amides is 1. The fraction of sp³-hybridized carbons (Fsp3) is 0.444. The highest BCUT2D eigenvalue weighted by atomic mass is 16.5. The van der Waals surface area contributed by atoms with Gasteiger partial charge in [-0.15, -0.1) is 0 Å². The van der Waals surface area contributed by atoms with E-state index in [1.54, 1.807) is 12.1 Å². The van der Waals surface area contributed by atoms with Crippen LogP contribution in [0.4, 0.5) is 5.69 Å². The Hall–Kier alpha value is -2.30. The van der Waals surface area contributed by atoms with Crippen LogP contribution in [0.15, 0.2) is 36.4 Å². The fourth-order valence-electron chi connectivity index (χ4n) is 3.64. The predicted molar refractivity (Wildman–Crippen MR) is 86.2 cm³/mol. The van der Waals surface area contributed by atoms with Gasteiger partial charge in [-0.3, -0.25) is 9.59 Å². The molecule has 0 saturated heterocycles. The lowest BCUT2D eigenvalue weighted by Crippen LogP contribution is -2.36. The van der Waals surface area contributed by atoms with Gasteiger partial charge < -0.3 is 15.2 Å². The van der Waals surface area contributed by atoms with Gasteiger partial charge in [-0.05, 0) is 36.8 Å². The van der Waals surface area contributed by atoms with Crippen LogP contribution >= 0.6 is 0 Å². The van der Waals surface area contributed by atoms with Crippen LogP contribution in [0.3, 0.4) is 0 Å². The summed E-state index contributed by atoms with van der Waals surface area (Å²) < 4.78 is 5.64. The zero-order chi connectivity index (χ0) is 16.4. The van der Waals surface area contributed by atoms with Gasteiger partial charge in [-0.1, -0.05) is 31.2 Å². The molecule has 0 heterocycles. The molecular weight excluding hydrogens is 294 g/mol. The summed E-state index contributed by atoms with van der Waals surface area (Å²) >= 11 is 0. The van der Waals surface area contributed by atoms with Crippen molar-refractivity contribution in [2.45, 2.75) is 19.8 Å². The molecule has 5 nitrogen and oxygen atoms in total. The van der Waals surface area contributed by atoms with Gasteiger partial charge in [-0.25, -0.2) is 0 Å². The summed E-state index contributed by atoms with van der Waals surface area (Å²) in [6.07, 6.45) is 5.54. The van der Waals surface area contributed by atoms with Gasteiger partial charge in [0.2, 0.25) is 5.91 Å². The number of aliphatic carboxylic acids is 1. The van der Waals surface area contributed by atoms with Crippen molar-refractivity contribution in [2.24, 2.45) is 23.7 Å². The maximum absolute atomic E-state index is 12.7. The van der Waals surface area contributed by atoms with Crippen molar-refractivity contribution in [2.75, 3.05) is 11.9 Å². The number of allylic oxidation sites excluding steroid dienone is 2. The largest absolute Gasteiger partial charge is 0.491 e. The Kier molecular flexibility index (Phi) is 4.37. The summed E-state index contributed by atoms with van der Waals surface area (Å²) in [5.74, 6) is -1.66. The van der Waals surface area contributed by atoms with Crippen molar-refractivity contribution < 1.29 is 19.4 Å². The first-order valence-corrected chi connectivity index (χ1v) is 8.05. The van der Waals surface area contributed by atoms with E-state index in [9.17, 15) is 14.7 Å². The van der Waals surface area contributed by atoms with Gasteiger partial charge in [0.15, 0.2) is 0 Å². The quantitative estimate of drug-likeness (QED) is 0.791. The summed E-state index contributed by atoms with van der Waals surface area (Å²) in [5.41, 5.74) is 0.599. The predicted octanol–water partition coefficient (Wildman–Crippen LogP) is 2.94. The first-order chi connectivity index (χ1) is 11.1. The Balaban J connectivity index is 1.77. The molecule has 1 fully saturated rings. The number of nitrogens with one attached hydrogen (secondary N) is 1. The average molecular weight is 315 g/mol. The number of fused-ring (bicyclic) bond motifs is 2. The molecule has 2 aliphatic carbocycles. The first kappa shape index (κ1) is 15.6. The average Bonchev–Trinajstić information content (AvgIpc) is 3.15. The lowest BCUT2D eigenvalue weighted by molar-refractivity contribution is -0.146. The maximum Gasteiger partial charge on any atom is 0.307 e. The molecule has 122 valence electrons. The molecule has 1 aromatic rings. The minimum Gasteiger partial charge on any atom is -0.491 e. The van der Waals surface area contributed by atoms with E-state index in [2.05, 4.69) is 5.32 Å². The minimum atomic E-state index is -0.891. The zero-order valence-corrected chi connectivity index (χ0v) is 13.1. The van der Waals surface area contributed by atoms with E-state index in [1.807, 2.05) is 31.2 Å². The smallest absolute Gasteiger partial charge is 0.307 e. The minimum absolute atomic E-state index is 0.0184. The van der Waals surface area contributed by atoms with E-state index in [1.165, 1.54) is 0 Å². The standard InChI is InChI=1S/C18H21NO4/c1-2-9-23-14-6-4-3-5-13(14)19-17(20)15-11-7-8-12(10-11)16(15)18(21)22/h3-8,11-12,15-16H,2,9-10H2,1H3,(H,19,20)(H,21,22). The van der Waals surface area contributed by atoms with Crippen molar-refractivity contribution in [3.8, 4) is 5.75 Å². The van der Waals surface area contributed by atoms with Crippen LogP contribution < -0.4 is 10.1 Å². The highest BCUT2D eigenvalue weighted by Crippen LogP contribution is 2.48. The number of carboxylic acid groups (broad SMARTS) is 1. The second kappa shape index (κ2) is 6.44. The number of benzene rings is 1. The first-order valence-electron chi connectivity index (χ1n) is 8.05. The van der Waals surface area contributed by atoms with Crippen molar-refractivity contribution in [1.29, 1.82) is 0 Å². The molecule has 1 saturated carbocycles. The molecule has 4 atom stereocenters. The normalized spacial score (nSPS) is 27.9. The van der Waals surface area contributed by atoms with Gasteiger partial charge in [-0.2, -0.15) is 0 Å². The molecule has 0 spiro atoms. The lowest BCUT2D eigenvalue weighted by atomic mass is 9.82.